The smallest absolute Gasteiger partial charge is 0.0822 e. The van der Waals surface area contributed by atoms with Crippen molar-refractivity contribution in [2.75, 3.05) is 13.2 Å². The molecule has 2 rings (SSSR count). The third kappa shape index (κ3) is 2.57. The van der Waals surface area contributed by atoms with Crippen LogP contribution in [0.25, 0.3) is 0 Å². The minimum Gasteiger partial charge on any atom is -0.388 e. The molecule has 0 amide bonds. The Balaban J connectivity index is 2.15. The van der Waals surface area contributed by atoms with E-state index in [-0.39, 0.29) is 6.10 Å². The van der Waals surface area contributed by atoms with Crippen LogP contribution < -0.4 is 0 Å². The van der Waals surface area contributed by atoms with E-state index in [0.717, 1.165) is 42.2 Å². The van der Waals surface area contributed by atoms with Crippen LogP contribution in [0.15, 0.2) is 18.2 Å². The van der Waals surface area contributed by atoms with Crippen LogP contribution in [0.1, 0.15) is 30.1 Å². The molecule has 0 spiro atoms. The minimum absolute atomic E-state index is 0.314. The van der Waals surface area contributed by atoms with Gasteiger partial charge in [-0.1, -0.05) is 17.7 Å². The van der Waals surface area contributed by atoms with Gasteiger partial charge in [-0.2, -0.15) is 0 Å². The lowest BCUT2D eigenvalue weighted by molar-refractivity contribution is 0.00696. The summed E-state index contributed by atoms with van der Waals surface area (Å²) in [6.07, 6.45) is 1.48. The quantitative estimate of drug-likeness (QED) is 0.861. The van der Waals surface area contributed by atoms with Gasteiger partial charge in [0.1, 0.15) is 0 Å². The molecule has 1 N–H and O–H groups in total. The number of rotatable bonds is 2. The summed E-state index contributed by atoms with van der Waals surface area (Å²) >= 11 is 5.91. The van der Waals surface area contributed by atoms with Crippen LogP contribution in [-0.4, -0.2) is 18.3 Å². The number of aliphatic hydroxyl groups excluding tert-OH is 1. The molecule has 1 aromatic rings. The van der Waals surface area contributed by atoms with Crippen molar-refractivity contribution in [1.82, 2.24) is 0 Å². The molecule has 0 aromatic heterocycles. The Kier molecular flexibility index (Phi) is 3.85. The van der Waals surface area contributed by atoms with Crippen LogP contribution >= 0.6 is 11.6 Å². The van der Waals surface area contributed by atoms with Gasteiger partial charge in [0.25, 0.3) is 0 Å². The predicted octanol–water partition coefficient (Wildman–Crippen LogP) is 3.11. The Morgan fingerprint density at radius 3 is 2.69 bits per heavy atom. The predicted molar refractivity (Wildman–Crippen MR) is 64.7 cm³/mol. The molecular weight excluding hydrogens is 224 g/mol. The maximum atomic E-state index is 10.3. The summed E-state index contributed by atoms with van der Waals surface area (Å²) in [6, 6.07) is 5.67. The molecule has 88 valence electrons. The molecular formula is C13H17ClO2. The van der Waals surface area contributed by atoms with Gasteiger partial charge in [-0.05, 0) is 48.9 Å². The molecule has 1 atom stereocenters. The van der Waals surface area contributed by atoms with E-state index in [1.165, 1.54) is 0 Å². The van der Waals surface area contributed by atoms with Gasteiger partial charge in [-0.25, -0.2) is 0 Å². The lowest BCUT2D eigenvalue weighted by Crippen LogP contribution is -2.22. The van der Waals surface area contributed by atoms with E-state index in [9.17, 15) is 5.11 Å². The average Bonchev–Trinajstić information content (AvgIpc) is 2.29. The highest BCUT2D eigenvalue weighted by molar-refractivity contribution is 6.30. The van der Waals surface area contributed by atoms with Gasteiger partial charge in [0, 0.05) is 18.2 Å². The van der Waals surface area contributed by atoms with Crippen molar-refractivity contribution in [2.45, 2.75) is 25.9 Å². The molecule has 1 heterocycles. The average molecular weight is 241 g/mol. The zero-order chi connectivity index (χ0) is 11.5. The van der Waals surface area contributed by atoms with Gasteiger partial charge in [-0.15, -0.1) is 0 Å². The van der Waals surface area contributed by atoms with Gasteiger partial charge in [0.2, 0.25) is 0 Å². The molecule has 1 aromatic carbocycles. The Hall–Kier alpha value is -0.570. The van der Waals surface area contributed by atoms with Crippen molar-refractivity contribution in [1.29, 1.82) is 0 Å². The van der Waals surface area contributed by atoms with Crippen molar-refractivity contribution >= 4 is 11.6 Å². The number of benzene rings is 1. The fourth-order valence-electron chi connectivity index (χ4n) is 2.26. The standard InChI is InChI=1S/C13H17ClO2/c1-9-8-11(14)2-3-12(9)13(15)10-4-6-16-7-5-10/h2-3,8,10,13,15H,4-7H2,1H3. The number of halogens is 1. The lowest BCUT2D eigenvalue weighted by Gasteiger charge is -2.27. The monoisotopic (exact) mass is 240 g/mol. The molecule has 0 saturated carbocycles. The summed E-state index contributed by atoms with van der Waals surface area (Å²) in [6.45, 7) is 3.51. The van der Waals surface area contributed by atoms with Crippen molar-refractivity contribution in [2.24, 2.45) is 5.92 Å². The van der Waals surface area contributed by atoms with Crippen LogP contribution in [0, 0.1) is 12.8 Å². The maximum absolute atomic E-state index is 10.3. The summed E-state index contributed by atoms with van der Waals surface area (Å²) in [7, 11) is 0. The summed E-state index contributed by atoms with van der Waals surface area (Å²) in [5.41, 5.74) is 2.06. The number of aryl methyl sites for hydroxylation is 1. The van der Waals surface area contributed by atoms with Gasteiger partial charge in [-0.3, -0.25) is 0 Å². The Morgan fingerprint density at radius 1 is 1.38 bits per heavy atom. The number of hydrogen-bond donors (Lipinski definition) is 1. The molecule has 0 aliphatic carbocycles. The van der Waals surface area contributed by atoms with E-state index in [1.807, 2.05) is 25.1 Å². The number of hydrogen-bond acceptors (Lipinski definition) is 2. The summed E-state index contributed by atoms with van der Waals surface area (Å²) in [5, 5.41) is 11.0. The highest BCUT2D eigenvalue weighted by Crippen LogP contribution is 2.32. The van der Waals surface area contributed by atoms with Crippen LogP contribution in [0.3, 0.4) is 0 Å². The van der Waals surface area contributed by atoms with Crippen LogP contribution in [0.4, 0.5) is 0 Å². The molecule has 3 heteroatoms. The van der Waals surface area contributed by atoms with Crippen LogP contribution in [0.5, 0.6) is 0 Å². The fraction of sp³-hybridized carbons (Fsp3) is 0.538. The summed E-state index contributed by atoms with van der Waals surface area (Å²) < 4.78 is 5.30. The molecule has 0 radical (unpaired) electrons. The maximum Gasteiger partial charge on any atom is 0.0822 e. The molecule has 2 nitrogen and oxygen atoms in total. The topological polar surface area (TPSA) is 29.5 Å². The van der Waals surface area contributed by atoms with Gasteiger partial charge in [0.15, 0.2) is 0 Å². The zero-order valence-electron chi connectivity index (χ0n) is 9.45. The first kappa shape index (κ1) is 11.9. The Labute approximate surface area is 101 Å². The number of aliphatic hydroxyl groups is 1. The van der Waals surface area contributed by atoms with E-state index < -0.39 is 0 Å². The molecule has 0 bridgehead atoms. The normalized spacial score (nSPS) is 19.7. The molecule has 1 aliphatic heterocycles. The summed E-state index contributed by atoms with van der Waals surface area (Å²) in [5.74, 6) is 0.314. The van der Waals surface area contributed by atoms with E-state index >= 15 is 0 Å². The SMILES string of the molecule is Cc1cc(Cl)ccc1C(O)C1CCOCC1. The first-order valence-electron chi connectivity index (χ1n) is 5.70. The lowest BCUT2D eigenvalue weighted by atomic mass is 9.87. The molecule has 1 saturated heterocycles. The zero-order valence-corrected chi connectivity index (χ0v) is 10.2. The molecule has 16 heavy (non-hydrogen) atoms. The van der Waals surface area contributed by atoms with Crippen LogP contribution in [-0.2, 0) is 4.74 Å². The van der Waals surface area contributed by atoms with E-state index in [1.54, 1.807) is 0 Å². The minimum atomic E-state index is -0.388. The molecule has 1 unspecified atom stereocenters. The van der Waals surface area contributed by atoms with E-state index in [2.05, 4.69) is 0 Å². The van der Waals surface area contributed by atoms with Gasteiger partial charge < -0.3 is 9.84 Å². The largest absolute Gasteiger partial charge is 0.388 e. The van der Waals surface area contributed by atoms with Crippen molar-refractivity contribution < 1.29 is 9.84 Å². The highest BCUT2D eigenvalue weighted by Gasteiger charge is 2.24. The molecule has 1 aliphatic rings. The highest BCUT2D eigenvalue weighted by atomic mass is 35.5. The van der Waals surface area contributed by atoms with Gasteiger partial charge >= 0.3 is 0 Å². The summed E-state index contributed by atoms with van der Waals surface area (Å²) in [4.78, 5) is 0. The second-order valence-electron chi connectivity index (χ2n) is 4.40. The number of ether oxygens (including phenoxy) is 1. The second-order valence-corrected chi connectivity index (χ2v) is 4.83. The second kappa shape index (κ2) is 5.17. The Bertz CT molecular complexity index is 359. The fourth-order valence-corrected chi connectivity index (χ4v) is 2.48. The van der Waals surface area contributed by atoms with Crippen LogP contribution in [0.2, 0.25) is 5.02 Å². The van der Waals surface area contributed by atoms with E-state index in [4.69, 9.17) is 16.3 Å². The van der Waals surface area contributed by atoms with Crippen molar-refractivity contribution in [3.05, 3.63) is 34.3 Å². The third-order valence-corrected chi connectivity index (χ3v) is 3.50. The third-order valence-electron chi connectivity index (χ3n) is 3.26. The van der Waals surface area contributed by atoms with E-state index in [0.29, 0.717) is 5.92 Å². The molecule has 1 fully saturated rings. The van der Waals surface area contributed by atoms with Crippen molar-refractivity contribution in [3.63, 3.8) is 0 Å². The Morgan fingerprint density at radius 2 is 2.06 bits per heavy atom. The van der Waals surface area contributed by atoms with Crippen molar-refractivity contribution in [3.8, 4) is 0 Å². The first-order valence-corrected chi connectivity index (χ1v) is 6.08. The first-order chi connectivity index (χ1) is 7.68. The van der Waals surface area contributed by atoms with Gasteiger partial charge in [0.05, 0.1) is 6.10 Å².